The third-order valence-corrected chi connectivity index (χ3v) is 3.19. The van der Waals surface area contributed by atoms with Crippen molar-refractivity contribution in [3.63, 3.8) is 0 Å². The first-order valence-corrected chi connectivity index (χ1v) is 6.24. The SMILES string of the molecule is CCC(C)[C@H](N)C(=O)NCc1ccc(OC)cc1. The summed E-state index contributed by atoms with van der Waals surface area (Å²) in [6, 6.07) is 7.15. The number of nitrogens with two attached hydrogens (primary N) is 1. The molecule has 1 aromatic rings. The summed E-state index contributed by atoms with van der Waals surface area (Å²) >= 11 is 0. The van der Waals surface area contributed by atoms with Gasteiger partial charge in [0, 0.05) is 6.54 Å². The van der Waals surface area contributed by atoms with Crippen LogP contribution in [0, 0.1) is 5.92 Å². The van der Waals surface area contributed by atoms with E-state index in [-0.39, 0.29) is 11.8 Å². The van der Waals surface area contributed by atoms with E-state index in [4.69, 9.17) is 10.5 Å². The minimum absolute atomic E-state index is 0.0971. The van der Waals surface area contributed by atoms with Crippen molar-refractivity contribution in [2.75, 3.05) is 7.11 Å². The van der Waals surface area contributed by atoms with Gasteiger partial charge in [-0.2, -0.15) is 0 Å². The monoisotopic (exact) mass is 250 g/mol. The van der Waals surface area contributed by atoms with Gasteiger partial charge in [0.1, 0.15) is 5.75 Å². The molecule has 0 fully saturated rings. The third-order valence-electron chi connectivity index (χ3n) is 3.19. The van der Waals surface area contributed by atoms with Crippen LogP contribution >= 0.6 is 0 Å². The molecule has 0 saturated heterocycles. The Labute approximate surface area is 109 Å². The molecule has 0 aliphatic carbocycles. The van der Waals surface area contributed by atoms with E-state index >= 15 is 0 Å². The van der Waals surface area contributed by atoms with Crippen LogP contribution in [0.5, 0.6) is 5.75 Å². The Kier molecular flexibility index (Phi) is 5.65. The van der Waals surface area contributed by atoms with Crippen LogP contribution in [0.2, 0.25) is 0 Å². The maximum Gasteiger partial charge on any atom is 0.237 e. The van der Waals surface area contributed by atoms with Gasteiger partial charge in [-0.05, 0) is 23.6 Å². The van der Waals surface area contributed by atoms with Crippen LogP contribution in [-0.4, -0.2) is 19.1 Å². The Morgan fingerprint density at radius 1 is 1.39 bits per heavy atom. The van der Waals surface area contributed by atoms with Crippen molar-refractivity contribution in [1.82, 2.24) is 5.32 Å². The summed E-state index contributed by atoms with van der Waals surface area (Å²) < 4.78 is 5.07. The van der Waals surface area contributed by atoms with Crippen LogP contribution in [0.15, 0.2) is 24.3 Å². The predicted octanol–water partition coefficient (Wildman–Crippen LogP) is 1.68. The second kappa shape index (κ2) is 7.01. The Hall–Kier alpha value is -1.55. The molecule has 0 aromatic heterocycles. The van der Waals surface area contributed by atoms with Crippen LogP contribution in [-0.2, 0) is 11.3 Å². The van der Waals surface area contributed by atoms with Crippen molar-refractivity contribution in [2.24, 2.45) is 11.7 Å². The quantitative estimate of drug-likeness (QED) is 0.807. The molecule has 4 heteroatoms. The van der Waals surface area contributed by atoms with E-state index in [1.54, 1.807) is 7.11 Å². The van der Waals surface area contributed by atoms with Gasteiger partial charge in [-0.25, -0.2) is 0 Å². The van der Waals surface area contributed by atoms with Crippen molar-refractivity contribution in [3.8, 4) is 5.75 Å². The van der Waals surface area contributed by atoms with Crippen molar-refractivity contribution in [1.29, 1.82) is 0 Å². The van der Waals surface area contributed by atoms with Gasteiger partial charge in [-0.3, -0.25) is 4.79 Å². The number of rotatable bonds is 6. The molecule has 2 atom stereocenters. The first-order chi connectivity index (χ1) is 8.58. The molecule has 0 bridgehead atoms. The molecule has 1 rings (SSSR count). The van der Waals surface area contributed by atoms with Crippen molar-refractivity contribution < 1.29 is 9.53 Å². The summed E-state index contributed by atoms with van der Waals surface area (Å²) in [5, 5.41) is 2.85. The Morgan fingerprint density at radius 3 is 2.50 bits per heavy atom. The molecule has 0 spiro atoms. The first-order valence-electron chi connectivity index (χ1n) is 6.24. The summed E-state index contributed by atoms with van der Waals surface area (Å²) in [7, 11) is 1.63. The molecule has 0 aliphatic heterocycles. The van der Waals surface area contributed by atoms with Crippen LogP contribution in [0.3, 0.4) is 0 Å². The topological polar surface area (TPSA) is 64.4 Å². The van der Waals surface area contributed by atoms with Crippen LogP contribution in [0.4, 0.5) is 0 Å². The van der Waals surface area contributed by atoms with E-state index < -0.39 is 6.04 Å². The van der Waals surface area contributed by atoms with Crippen LogP contribution in [0.25, 0.3) is 0 Å². The van der Waals surface area contributed by atoms with Gasteiger partial charge in [0.15, 0.2) is 0 Å². The van der Waals surface area contributed by atoms with Crippen LogP contribution < -0.4 is 15.8 Å². The average molecular weight is 250 g/mol. The van der Waals surface area contributed by atoms with Gasteiger partial charge in [-0.15, -0.1) is 0 Å². The molecular formula is C14H22N2O2. The van der Waals surface area contributed by atoms with Crippen molar-refractivity contribution >= 4 is 5.91 Å². The zero-order valence-corrected chi connectivity index (χ0v) is 11.3. The Balaban J connectivity index is 2.46. The fourth-order valence-corrected chi connectivity index (χ4v) is 1.56. The van der Waals surface area contributed by atoms with Gasteiger partial charge in [0.2, 0.25) is 5.91 Å². The number of hydrogen-bond acceptors (Lipinski definition) is 3. The summed E-state index contributed by atoms with van der Waals surface area (Å²) in [4.78, 5) is 11.8. The number of amides is 1. The number of methoxy groups -OCH3 is 1. The fourth-order valence-electron chi connectivity index (χ4n) is 1.56. The minimum atomic E-state index is -0.437. The molecule has 1 unspecified atom stereocenters. The molecule has 18 heavy (non-hydrogen) atoms. The molecule has 1 amide bonds. The smallest absolute Gasteiger partial charge is 0.237 e. The predicted molar refractivity (Wildman–Crippen MR) is 72.3 cm³/mol. The molecule has 0 aliphatic rings. The lowest BCUT2D eigenvalue weighted by Gasteiger charge is -2.17. The largest absolute Gasteiger partial charge is 0.497 e. The molecular weight excluding hydrogens is 228 g/mol. The highest BCUT2D eigenvalue weighted by atomic mass is 16.5. The number of hydrogen-bond donors (Lipinski definition) is 2. The number of ether oxygens (including phenoxy) is 1. The lowest BCUT2D eigenvalue weighted by Crippen LogP contribution is -2.44. The second-order valence-electron chi connectivity index (χ2n) is 4.48. The normalized spacial score (nSPS) is 13.8. The number of benzene rings is 1. The van der Waals surface area contributed by atoms with Gasteiger partial charge < -0.3 is 15.8 Å². The molecule has 1 aromatic carbocycles. The molecule has 3 N–H and O–H groups in total. The lowest BCUT2D eigenvalue weighted by molar-refractivity contribution is -0.123. The van der Waals surface area contributed by atoms with Gasteiger partial charge in [0.05, 0.1) is 13.2 Å². The van der Waals surface area contributed by atoms with E-state index in [0.717, 1.165) is 17.7 Å². The van der Waals surface area contributed by atoms with E-state index in [1.807, 2.05) is 38.1 Å². The highest BCUT2D eigenvalue weighted by Gasteiger charge is 2.18. The first kappa shape index (κ1) is 14.5. The fraction of sp³-hybridized carbons (Fsp3) is 0.500. The maximum absolute atomic E-state index is 11.8. The maximum atomic E-state index is 11.8. The molecule has 0 radical (unpaired) electrons. The number of nitrogens with one attached hydrogen (secondary N) is 1. The van der Waals surface area contributed by atoms with E-state index in [2.05, 4.69) is 5.32 Å². The molecule has 100 valence electrons. The zero-order valence-electron chi connectivity index (χ0n) is 11.3. The lowest BCUT2D eigenvalue weighted by atomic mass is 9.99. The summed E-state index contributed by atoms with van der Waals surface area (Å²) in [5.41, 5.74) is 6.88. The van der Waals surface area contributed by atoms with Gasteiger partial charge >= 0.3 is 0 Å². The standard InChI is InChI=1S/C14H22N2O2/c1-4-10(2)13(15)14(17)16-9-11-5-7-12(18-3)8-6-11/h5-8,10,13H,4,9,15H2,1-3H3,(H,16,17)/t10?,13-/m0/s1. The second-order valence-corrected chi connectivity index (χ2v) is 4.48. The molecule has 0 heterocycles. The number of carbonyl (C=O) groups is 1. The third kappa shape index (κ3) is 4.04. The van der Waals surface area contributed by atoms with E-state index in [9.17, 15) is 4.79 Å². The number of carbonyl (C=O) groups excluding carboxylic acids is 1. The highest BCUT2D eigenvalue weighted by molar-refractivity contribution is 5.81. The van der Waals surface area contributed by atoms with E-state index in [1.165, 1.54) is 0 Å². The zero-order chi connectivity index (χ0) is 13.5. The minimum Gasteiger partial charge on any atom is -0.497 e. The highest BCUT2D eigenvalue weighted by Crippen LogP contribution is 2.11. The summed E-state index contributed by atoms with van der Waals surface area (Å²) in [5.74, 6) is 0.905. The summed E-state index contributed by atoms with van der Waals surface area (Å²) in [6.07, 6.45) is 0.900. The Morgan fingerprint density at radius 2 is 2.00 bits per heavy atom. The molecule has 4 nitrogen and oxygen atoms in total. The van der Waals surface area contributed by atoms with Gasteiger partial charge in [-0.1, -0.05) is 32.4 Å². The average Bonchev–Trinajstić information content (AvgIpc) is 2.43. The summed E-state index contributed by atoms with van der Waals surface area (Å²) in [6.45, 7) is 4.51. The Bertz CT molecular complexity index is 376. The van der Waals surface area contributed by atoms with E-state index in [0.29, 0.717) is 6.54 Å². The van der Waals surface area contributed by atoms with Crippen LogP contribution in [0.1, 0.15) is 25.8 Å². The van der Waals surface area contributed by atoms with Gasteiger partial charge in [0.25, 0.3) is 0 Å². The molecule has 0 saturated carbocycles. The van der Waals surface area contributed by atoms with Crippen molar-refractivity contribution in [3.05, 3.63) is 29.8 Å². The van der Waals surface area contributed by atoms with Crippen molar-refractivity contribution in [2.45, 2.75) is 32.9 Å².